The predicted octanol–water partition coefficient (Wildman–Crippen LogP) is 7.16. The Bertz CT molecular complexity index is 1050. The first-order valence-corrected chi connectivity index (χ1v) is 20.1. The molecule has 0 spiro atoms. The summed E-state index contributed by atoms with van der Waals surface area (Å²) in [6.07, 6.45) is 0.810. The molecule has 0 aliphatic rings. The lowest BCUT2D eigenvalue weighted by Gasteiger charge is -2.43. The molecule has 2 N–H and O–H groups in total. The van der Waals surface area contributed by atoms with Crippen LogP contribution < -0.4 is 10.4 Å². The van der Waals surface area contributed by atoms with E-state index in [1.807, 2.05) is 39.0 Å². The lowest BCUT2D eigenvalue weighted by atomic mass is 9.90. The molecule has 0 bridgehead atoms. The molecule has 0 saturated carbocycles. The summed E-state index contributed by atoms with van der Waals surface area (Å²) in [5.74, 6) is -0.222. The van der Waals surface area contributed by atoms with Crippen LogP contribution in [0, 0.1) is 17.8 Å². The van der Waals surface area contributed by atoms with Gasteiger partial charge in [-0.3, -0.25) is 0 Å². The molecule has 0 aliphatic carbocycles. The van der Waals surface area contributed by atoms with Crippen molar-refractivity contribution in [1.29, 1.82) is 0 Å². The third-order valence-electron chi connectivity index (χ3n) is 9.15. The van der Waals surface area contributed by atoms with Crippen LogP contribution in [0.1, 0.15) is 69.2 Å². The van der Waals surface area contributed by atoms with Crippen molar-refractivity contribution in [2.45, 2.75) is 105 Å². The van der Waals surface area contributed by atoms with E-state index in [0.29, 0.717) is 13.2 Å². The molecule has 6 heteroatoms. The van der Waals surface area contributed by atoms with Crippen LogP contribution in [-0.2, 0) is 8.85 Å². The van der Waals surface area contributed by atoms with Crippen LogP contribution in [0.2, 0.25) is 23.2 Å². The largest absolute Gasteiger partial charge is 0.416 e. The minimum absolute atomic E-state index is 0.00350. The summed E-state index contributed by atoms with van der Waals surface area (Å²) in [5.41, 5.74) is 0.868. The molecule has 41 heavy (non-hydrogen) atoms. The lowest BCUT2D eigenvalue weighted by Crippen LogP contribution is -2.67. The van der Waals surface area contributed by atoms with Crippen molar-refractivity contribution < 1.29 is 19.1 Å². The van der Waals surface area contributed by atoms with Gasteiger partial charge < -0.3 is 19.1 Å². The van der Waals surface area contributed by atoms with Gasteiger partial charge in [-0.05, 0) is 46.0 Å². The Hall–Kier alpha value is -1.55. The molecule has 0 aromatic heterocycles. The molecule has 0 radical (unpaired) electrons. The Morgan fingerprint density at radius 1 is 0.732 bits per heavy atom. The number of rotatable bonds is 13. The second kappa shape index (κ2) is 14.3. The van der Waals surface area contributed by atoms with E-state index in [2.05, 4.69) is 110 Å². The third kappa shape index (κ3) is 8.74. The van der Waals surface area contributed by atoms with Gasteiger partial charge in [0.2, 0.25) is 0 Å². The molecule has 5 atom stereocenters. The first-order chi connectivity index (χ1) is 18.8. The fourth-order valence-electron chi connectivity index (χ4n) is 5.34. The fourth-order valence-corrected chi connectivity index (χ4v) is 11.1. The topological polar surface area (TPSA) is 58.9 Å². The van der Waals surface area contributed by atoms with Gasteiger partial charge in [0, 0.05) is 31.0 Å². The Kier molecular flexibility index (Phi) is 12.4. The minimum atomic E-state index is -2.68. The average molecular weight is 599 g/mol. The third-order valence-corrected chi connectivity index (χ3v) is 18.7. The van der Waals surface area contributed by atoms with Crippen molar-refractivity contribution >= 4 is 27.0 Å². The van der Waals surface area contributed by atoms with Crippen LogP contribution in [-0.4, -0.2) is 52.3 Å². The van der Waals surface area contributed by atoms with Crippen molar-refractivity contribution in [3.63, 3.8) is 0 Å². The second-order valence-corrected chi connectivity index (χ2v) is 23.8. The monoisotopic (exact) mass is 598 g/mol. The van der Waals surface area contributed by atoms with Crippen LogP contribution in [0.15, 0.2) is 72.3 Å². The molecule has 0 saturated heterocycles. The zero-order chi connectivity index (χ0) is 31.2. The number of aliphatic hydroxyl groups excluding tert-OH is 2. The average Bonchev–Trinajstić information content (AvgIpc) is 2.90. The van der Waals surface area contributed by atoms with Crippen molar-refractivity contribution in [3.05, 3.63) is 72.3 Å². The van der Waals surface area contributed by atoms with Crippen LogP contribution >= 0.6 is 0 Å². The van der Waals surface area contributed by atoms with Crippen LogP contribution in [0.25, 0.3) is 0 Å². The molecule has 230 valence electrons. The summed E-state index contributed by atoms with van der Waals surface area (Å²) in [6.45, 7) is 27.0. The first-order valence-electron chi connectivity index (χ1n) is 15.3. The Morgan fingerprint density at radius 3 is 1.59 bits per heavy atom. The summed E-state index contributed by atoms with van der Waals surface area (Å²) < 4.78 is 13.4. The highest BCUT2D eigenvalue weighted by molar-refractivity contribution is 6.99. The molecular formula is C35H58O4Si2. The Morgan fingerprint density at radius 2 is 1.17 bits per heavy atom. The lowest BCUT2D eigenvalue weighted by molar-refractivity contribution is 0.0525. The van der Waals surface area contributed by atoms with E-state index in [0.717, 1.165) is 5.57 Å². The van der Waals surface area contributed by atoms with Crippen molar-refractivity contribution in [1.82, 2.24) is 0 Å². The summed E-state index contributed by atoms with van der Waals surface area (Å²) in [7, 11) is -4.55. The summed E-state index contributed by atoms with van der Waals surface area (Å²) in [5, 5.41) is 24.9. The molecular weight excluding hydrogens is 541 g/mol. The van der Waals surface area contributed by atoms with Gasteiger partial charge in [-0.15, -0.1) is 0 Å². The second-order valence-electron chi connectivity index (χ2n) is 14.7. The normalized spacial score (nSPS) is 17.6. The highest BCUT2D eigenvalue weighted by Gasteiger charge is 2.50. The zero-order valence-corrected chi connectivity index (χ0v) is 29.9. The SMILES string of the molecule is C/C(=C\[C@@H](C)[C@@H](O)[C@H](C)CO[Si](C)(C)C(C)(C)C)C(O)[C@@H](C)CO[Si](c1ccccc1)(c1ccccc1)C(C)(C)C. The molecule has 2 rings (SSSR count). The number of aliphatic hydroxyl groups is 2. The standard InChI is InChI=1S/C35H58O4Si2/c1-26(32(36)28(3)24-38-40(11,12)34(5,6)7)23-27(2)33(37)29(4)25-39-41(35(8,9)10,30-19-15-13-16-20-30)31-21-17-14-18-22-31/h13-23,26,28-29,32-33,36-37H,24-25H2,1-12H3/b27-23+/t26-,28-,29+,32-,33?/m1/s1. The van der Waals surface area contributed by atoms with E-state index in [4.69, 9.17) is 8.85 Å². The molecule has 0 amide bonds. The van der Waals surface area contributed by atoms with Gasteiger partial charge in [-0.2, -0.15) is 0 Å². The molecule has 0 fully saturated rings. The predicted molar refractivity (Wildman–Crippen MR) is 180 cm³/mol. The molecule has 0 aliphatic heterocycles. The van der Waals surface area contributed by atoms with Crippen molar-refractivity contribution in [2.24, 2.45) is 17.8 Å². The molecule has 0 heterocycles. The first kappa shape index (κ1) is 35.6. The van der Waals surface area contributed by atoms with Crippen molar-refractivity contribution in [2.75, 3.05) is 13.2 Å². The number of hydrogen-bond acceptors (Lipinski definition) is 4. The Labute approximate surface area is 253 Å². The maximum Gasteiger partial charge on any atom is 0.261 e. The maximum atomic E-state index is 11.4. The van der Waals surface area contributed by atoms with Gasteiger partial charge in [0.1, 0.15) is 0 Å². The van der Waals surface area contributed by atoms with Gasteiger partial charge in [0.25, 0.3) is 8.32 Å². The number of hydrogen-bond donors (Lipinski definition) is 2. The molecule has 2 aromatic rings. The molecule has 4 nitrogen and oxygen atoms in total. The van der Waals surface area contributed by atoms with Gasteiger partial charge in [-0.1, -0.05) is 129 Å². The minimum Gasteiger partial charge on any atom is -0.416 e. The van der Waals surface area contributed by atoms with Crippen molar-refractivity contribution in [3.8, 4) is 0 Å². The maximum absolute atomic E-state index is 11.4. The van der Waals surface area contributed by atoms with Gasteiger partial charge >= 0.3 is 0 Å². The van der Waals surface area contributed by atoms with E-state index in [1.165, 1.54) is 10.4 Å². The van der Waals surface area contributed by atoms with Gasteiger partial charge in [-0.25, -0.2) is 0 Å². The van der Waals surface area contributed by atoms with E-state index in [9.17, 15) is 10.2 Å². The quantitative estimate of drug-likeness (QED) is 0.190. The fraction of sp³-hybridized carbons (Fsp3) is 0.600. The van der Waals surface area contributed by atoms with Crippen LogP contribution in [0.3, 0.4) is 0 Å². The molecule has 1 unspecified atom stereocenters. The van der Waals surface area contributed by atoms with E-state index < -0.39 is 28.8 Å². The van der Waals surface area contributed by atoms with Gasteiger partial charge in [0.15, 0.2) is 8.32 Å². The van der Waals surface area contributed by atoms with Gasteiger partial charge in [0.05, 0.1) is 12.2 Å². The molecule has 2 aromatic carbocycles. The Balaban J connectivity index is 2.19. The van der Waals surface area contributed by atoms with Crippen LogP contribution in [0.5, 0.6) is 0 Å². The van der Waals surface area contributed by atoms with E-state index in [-0.39, 0.29) is 27.8 Å². The van der Waals surface area contributed by atoms with E-state index in [1.54, 1.807) is 0 Å². The summed E-state index contributed by atoms with van der Waals surface area (Å²) in [4.78, 5) is 0. The van der Waals surface area contributed by atoms with E-state index >= 15 is 0 Å². The summed E-state index contributed by atoms with van der Waals surface area (Å²) in [6, 6.07) is 21.2. The number of benzene rings is 2. The smallest absolute Gasteiger partial charge is 0.261 e. The zero-order valence-electron chi connectivity index (χ0n) is 27.9. The summed E-state index contributed by atoms with van der Waals surface area (Å²) >= 11 is 0. The highest BCUT2D eigenvalue weighted by atomic mass is 28.4. The van der Waals surface area contributed by atoms with Crippen LogP contribution in [0.4, 0.5) is 0 Å². The highest BCUT2D eigenvalue weighted by Crippen LogP contribution is 2.38.